The van der Waals surface area contributed by atoms with Crippen molar-refractivity contribution in [1.29, 1.82) is 0 Å². The minimum absolute atomic E-state index is 0.136. The molecule has 1 aliphatic carbocycles. The number of aromatic nitrogens is 1. The summed E-state index contributed by atoms with van der Waals surface area (Å²) in [6, 6.07) is 11.6. The predicted octanol–water partition coefficient (Wildman–Crippen LogP) is 5.03. The van der Waals surface area contributed by atoms with Crippen LogP contribution in [0.4, 0.5) is 11.5 Å². The number of nitrogens with zero attached hydrogens (tertiary/aromatic N) is 2. The molecule has 5 rings (SSSR count). The zero-order valence-electron chi connectivity index (χ0n) is 19.9. The summed E-state index contributed by atoms with van der Waals surface area (Å²) in [6.07, 6.45) is 9.39. The number of hydrogen-bond donors (Lipinski definition) is 3. The zero-order chi connectivity index (χ0) is 23.3. The average Bonchev–Trinajstić information content (AvgIpc) is 3.31. The Bertz CT molecular complexity index is 944. The summed E-state index contributed by atoms with van der Waals surface area (Å²) in [5.41, 5.74) is 3.23. The predicted molar refractivity (Wildman–Crippen MR) is 139 cm³/mol. The van der Waals surface area contributed by atoms with Crippen LogP contribution in [0.5, 0.6) is 0 Å². The number of aliphatic hydroxyl groups excluding tert-OH is 1. The van der Waals surface area contributed by atoms with Crippen LogP contribution in [0.15, 0.2) is 36.5 Å². The van der Waals surface area contributed by atoms with E-state index in [0.29, 0.717) is 23.0 Å². The van der Waals surface area contributed by atoms with Gasteiger partial charge in [-0.25, -0.2) is 4.98 Å². The topological polar surface area (TPSA) is 69.7 Å². The third kappa shape index (κ3) is 6.03. The fourth-order valence-corrected chi connectivity index (χ4v) is 5.85. The Morgan fingerprint density at radius 1 is 1.06 bits per heavy atom. The molecule has 3 N–H and O–H groups in total. The van der Waals surface area contributed by atoms with E-state index < -0.39 is 0 Å². The number of nitrogens with one attached hydrogen (secondary N) is 2. The molecule has 3 fully saturated rings. The lowest BCUT2D eigenvalue weighted by Gasteiger charge is -2.35. The largest absolute Gasteiger partial charge is 0.392 e. The van der Waals surface area contributed by atoms with Gasteiger partial charge >= 0.3 is 0 Å². The van der Waals surface area contributed by atoms with E-state index in [9.17, 15) is 5.11 Å². The minimum atomic E-state index is -0.136. The van der Waals surface area contributed by atoms with Crippen molar-refractivity contribution < 1.29 is 9.84 Å². The van der Waals surface area contributed by atoms with Crippen molar-refractivity contribution in [3.05, 3.63) is 41.6 Å². The highest BCUT2D eigenvalue weighted by molar-refractivity contribution is 6.33. The van der Waals surface area contributed by atoms with Gasteiger partial charge in [0.1, 0.15) is 5.82 Å². The summed E-state index contributed by atoms with van der Waals surface area (Å²) in [7, 11) is 0. The summed E-state index contributed by atoms with van der Waals surface area (Å²) in [5, 5.41) is 17.8. The van der Waals surface area contributed by atoms with Crippen molar-refractivity contribution in [2.45, 2.75) is 63.1 Å². The number of likely N-dealkylation sites (tertiary alicyclic amines) is 1. The molecule has 0 bridgehead atoms. The number of benzene rings is 1. The summed E-state index contributed by atoms with van der Waals surface area (Å²) < 4.78 is 5.47. The van der Waals surface area contributed by atoms with Gasteiger partial charge in [0.05, 0.1) is 11.1 Å². The second-order valence-electron chi connectivity index (χ2n) is 10.2. The summed E-state index contributed by atoms with van der Waals surface area (Å²) in [4.78, 5) is 7.05. The Kier molecular flexibility index (Phi) is 7.90. The second kappa shape index (κ2) is 11.3. The van der Waals surface area contributed by atoms with Gasteiger partial charge in [-0.2, -0.15) is 0 Å². The Balaban J connectivity index is 1.19. The average molecular weight is 485 g/mol. The maximum Gasteiger partial charge on any atom is 0.126 e. The molecule has 184 valence electrons. The summed E-state index contributed by atoms with van der Waals surface area (Å²) in [5.74, 6) is 1.56. The molecule has 0 spiro atoms. The zero-order valence-corrected chi connectivity index (χ0v) is 20.6. The van der Waals surface area contributed by atoms with Gasteiger partial charge in [0.2, 0.25) is 0 Å². The molecule has 2 saturated heterocycles. The van der Waals surface area contributed by atoms with E-state index in [-0.39, 0.29) is 6.10 Å². The van der Waals surface area contributed by atoms with Gasteiger partial charge < -0.3 is 20.5 Å². The summed E-state index contributed by atoms with van der Waals surface area (Å²) >= 11 is 6.58. The molecule has 1 aromatic carbocycles. The third-order valence-corrected chi connectivity index (χ3v) is 8.03. The smallest absolute Gasteiger partial charge is 0.126 e. The lowest BCUT2D eigenvalue weighted by Crippen LogP contribution is -2.39. The molecule has 2 aromatic rings. The molecule has 0 amide bonds. The molecule has 1 saturated carbocycles. The van der Waals surface area contributed by atoms with Crippen LogP contribution in [0, 0.1) is 5.92 Å². The monoisotopic (exact) mass is 484 g/mol. The fraction of sp³-hybridized carbons (Fsp3) is 0.593. The van der Waals surface area contributed by atoms with Crippen molar-refractivity contribution in [1.82, 2.24) is 9.88 Å². The van der Waals surface area contributed by atoms with E-state index in [1.807, 2.05) is 0 Å². The second-order valence-corrected chi connectivity index (χ2v) is 10.6. The fourth-order valence-electron chi connectivity index (χ4n) is 5.64. The molecule has 0 unspecified atom stereocenters. The number of ether oxygens (including phenoxy) is 1. The van der Waals surface area contributed by atoms with Crippen LogP contribution in [0.25, 0.3) is 11.1 Å². The Morgan fingerprint density at radius 3 is 2.65 bits per heavy atom. The number of halogens is 1. The van der Waals surface area contributed by atoms with Gasteiger partial charge in [-0.3, -0.25) is 4.90 Å². The lowest BCUT2D eigenvalue weighted by atomic mass is 9.90. The minimum Gasteiger partial charge on any atom is -0.392 e. The van der Waals surface area contributed by atoms with Crippen molar-refractivity contribution in [2.24, 2.45) is 5.92 Å². The standard InChI is InChI=1S/C27H37ClN4O2/c28-26-17-30-27(31-21-4-6-23(7-5-21)32-11-8-24(33)18-32)15-25(26)20-2-1-3-22(14-20)29-16-19-9-12-34-13-10-19/h1-3,14-15,17,19,21,23-24,29,33H,4-13,16,18H2,(H,30,31)/t21?,23?,24-/m1/s1. The van der Waals surface area contributed by atoms with Crippen molar-refractivity contribution in [3.8, 4) is 11.1 Å². The van der Waals surface area contributed by atoms with E-state index in [4.69, 9.17) is 16.3 Å². The molecule has 0 radical (unpaired) electrons. The molecule has 7 heteroatoms. The van der Waals surface area contributed by atoms with Gasteiger partial charge in [0, 0.05) is 62.4 Å². The van der Waals surface area contributed by atoms with Crippen molar-refractivity contribution in [3.63, 3.8) is 0 Å². The first-order valence-electron chi connectivity index (χ1n) is 12.9. The molecule has 6 nitrogen and oxygen atoms in total. The van der Waals surface area contributed by atoms with E-state index >= 15 is 0 Å². The maximum atomic E-state index is 9.84. The first-order chi connectivity index (χ1) is 16.6. The molecule has 34 heavy (non-hydrogen) atoms. The van der Waals surface area contributed by atoms with Crippen LogP contribution >= 0.6 is 11.6 Å². The van der Waals surface area contributed by atoms with Gasteiger partial charge in [-0.15, -0.1) is 0 Å². The van der Waals surface area contributed by atoms with Crippen LogP contribution in [0.1, 0.15) is 44.9 Å². The van der Waals surface area contributed by atoms with E-state index in [1.165, 1.54) is 12.8 Å². The molecule has 1 aromatic heterocycles. The van der Waals surface area contributed by atoms with E-state index in [2.05, 4.69) is 50.8 Å². The molecule has 2 aliphatic heterocycles. The molecule has 1 atom stereocenters. The Labute approximate surface area is 208 Å². The van der Waals surface area contributed by atoms with E-state index in [0.717, 1.165) is 87.6 Å². The van der Waals surface area contributed by atoms with Gasteiger partial charge in [0.15, 0.2) is 0 Å². The number of rotatable bonds is 7. The number of hydrogen-bond acceptors (Lipinski definition) is 6. The Hall–Kier alpha value is -1.86. The lowest BCUT2D eigenvalue weighted by molar-refractivity contribution is 0.0699. The first-order valence-corrected chi connectivity index (χ1v) is 13.3. The molecular weight excluding hydrogens is 448 g/mol. The summed E-state index contributed by atoms with van der Waals surface area (Å²) in [6.45, 7) is 4.60. The van der Waals surface area contributed by atoms with Crippen molar-refractivity contribution >= 4 is 23.1 Å². The van der Waals surface area contributed by atoms with Crippen LogP contribution in [-0.4, -0.2) is 66.0 Å². The quantitative estimate of drug-likeness (QED) is 0.512. The van der Waals surface area contributed by atoms with Crippen LogP contribution in [0.2, 0.25) is 5.02 Å². The van der Waals surface area contributed by atoms with E-state index in [1.54, 1.807) is 6.20 Å². The normalized spacial score (nSPS) is 26.5. The maximum absolute atomic E-state index is 9.84. The number of pyridine rings is 1. The highest BCUT2D eigenvalue weighted by Gasteiger charge is 2.30. The van der Waals surface area contributed by atoms with Crippen molar-refractivity contribution in [2.75, 3.05) is 43.5 Å². The van der Waals surface area contributed by atoms with Crippen LogP contribution < -0.4 is 10.6 Å². The van der Waals surface area contributed by atoms with Gasteiger partial charge in [-0.1, -0.05) is 23.7 Å². The van der Waals surface area contributed by atoms with Crippen LogP contribution in [0.3, 0.4) is 0 Å². The number of anilines is 2. The SMILES string of the molecule is O[C@@H]1CCN(C2CCC(Nc3cc(-c4cccc(NCC5CCOCC5)c4)c(Cl)cn3)CC2)C1. The highest BCUT2D eigenvalue weighted by atomic mass is 35.5. The number of aliphatic hydroxyl groups is 1. The molecule has 3 heterocycles. The molecule has 3 aliphatic rings. The number of β-amino-alcohol motifs (C(OH)–C–C–N with tert-alkyl or cyclic N) is 1. The third-order valence-electron chi connectivity index (χ3n) is 7.72. The van der Waals surface area contributed by atoms with Gasteiger partial charge in [-0.05, 0) is 74.6 Å². The molecular formula is C27H37ClN4O2. The van der Waals surface area contributed by atoms with Gasteiger partial charge in [0.25, 0.3) is 0 Å². The van der Waals surface area contributed by atoms with Crippen LogP contribution in [-0.2, 0) is 4.74 Å². The highest BCUT2D eigenvalue weighted by Crippen LogP contribution is 2.33. The first kappa shape index (κ1) is 23.9. The Morgan fingerprint density at radius 2 is 1.88 bits per heavy atom.